The predicted molar refractivity (Wildman–Crippen MR) is 77.6 cm³/mol. The molecule has 0 heterocycles. The molecule has 1 aromatic rings. The lowest BCUT2D eigenvalue weighted by atomic mass is 9.78. The first-order valence-electron chi connectivity index (χ1n) is 6.93. The van der Waals surface area contributed by atoms with Gasteiger partial charge in [0.2, 0.25) is 0 Å². The Kier molecular flexibility index (Phi) is 4.18. The third-order valence-electron chi connectivity index (χ3n) is 4.26. The zero-order valence-corrected chi connectivity index (χ0v) is 12.4. The SMILES string of the molecule is CCS(=O)(=O)CCCC1(C(=O)O)CCc2ccccc21. The van der Waals surface area contributed by atoms with Crippen LogP contribution < -0.4 is 0 Å². The van der Waals surface area contributed by atoms with Crippen LogP contribution in [0, 0.1) is 0 Å². The molecule has 0 bridgehead atoms. The monoisotopic (exact) mass is 296 g/mol. The Balaban J connectivity index is 2.20. The average molecular weight is 296 g/mol. The molecule has 1 aliphatic rings. The van der Waals surface area contributed by atoms with Crippen LogP contribution in [-0.4, -0.2) is 31.0 Å². The second-order valence-corrected chi connectivity index (χ2v) is 7.86. The molecular formula is C15H20O4S. The molecule has 1 aromatic carbocycles. The molecule has 0 radical (unpaired) electrons. The Hall–Kier alpha value is -1.36. The topological polar surface area (TPSA) is 71.4 Å². The largest absolute Gasteiger partial charge is 0.481 e. The maximum atomic E-state index is 11.8. The molecule has 0 saturated carbocycles. The summed E-state index contributed by atoms with van der Waals surface area (Å²) in [7, 11) is -3.03. The van der Waals surface area contributed by atoms with Crippen LogP contribution in [0.15, 0.2) is 24.3 Å². The molecule has 20 heavy (non-hydrogen) atoms. The summed E-state index contributed by atoms with van der Waals surface area (Å²) in [5.41, 5.74) is 1.04. The average Bonchev–Trinajstić information content (AvgIpc) is 2.79. The maximum absolute atomic E-state index is 11.8. The van der Waals surface area contributed by atoms with Gasteiger partial charge in [0.25, 0.3) is 0 Å². The molecule has 4 nitrogen and oxygen atoms in total. The number of carboxylic acid groups (broad SMARTS) is 1. The van der Waals surface area contributed by atoms with Crippen LogP contribution in [0.1, 0.15) is 37.3 Å². The number of fused-ring (bicyclic) bond motifs is 1. The molecule has 5 heteroatoms. The second kappa shape index (κ2) is 5.56. The zero-order valence-electron chi connectivity index (χ0n) is 11.6. The second-order valence-electron chi connectivity index (χ2n) is 5.38. The summed E-state index contributed by atoms with van der Waals surface area (Å²) in [6.45, 7) is 1.62. The van der Waals surface area contributed by atoms with Gasteiger partial charge in [0.15, 0.2) is 0 Å². The van der Waals surface area contributed by atoms with Crippen LogP contribution in [0.5, 0.6) is 0 Å². The summed E-state index contributed by atoms with van der Waals surface area (Å²) in [6.07, 6.45) is 2.10. The van der Waals surface area contributed by atoms with Crippen LogP contribution >= 0.6 is 0 Å². The molecule has 1 unspecified atom stereocenters. The molecule has 0 aromatic heterocycles. The smallest absolute Gasteiger partial charge is 0.314 e. The van der Waals surface area contributed by atoms with Crippen LogP contribution in [0.4, 0.5) is 0 Å². The minimum atomic E-state index is -3.03. The standard InChI is InChI=1S/C15H20O4S/c1-2-20(18,19)11-5-9-15(14(16)17)10-8-12-6-3-4-7-13(12)15/h3-4,6-7H,2,5,8-11H2,1H3,(H,16,17). The first-order chi connectivity index (χ1) is 9.41. The van der Waals surface area contributed by atoms with Gasteiger partial charge in [0.1, 0.15) is 9.84 Å². The zero-order chi connectivity index (χ0) is 14.8. The molecule has 1 aliphatic carbocycles. The van der Waals surface area contributed by atoms with Crippen molar-refractivity contribution in [1.29, 1.82) is 0 Å². The van der Waals surface area contributed by atoms with E-state index in [1.165, 1.54) is 0 Å². The fourth-order valence-electron chi connectivity index (χ4n) is 3.01. The van der Waals surface area contributed by atoms with Crippen molar-refractivity contribution in [3.05, 3.63) is 35.4 Å². The maximum Gasteiger partial charge on any atom is 0.314 e. The van der Waals surface area contributed by atoms with Crippen LogP contribution in [0.3, 0.4) is 0 Å². The lowest BCUT2D eigenvalue weighted by molar-refractivity contribution is -0.144. The van der Waals surface area contributed by atoms with Gasteiger partial charge >= 0.3 is 5.97 Å². The van der Waals surface area contributed by atoms with E-state index in [2.05, 4.69) is 0 Å². The van der Waals surface area contributed by atoms with Gasteiger partial charge in [-0.15, -0.1) is 0 Å². The van der Waals surface area contributed by atoms with E-state index in [0.29, 0.717) is 19.3 Å². The van der Waals surface area contributed by atoms with E-state index in [4.69, 9.17) is 0 Å². The molecule has 2 rings (SSSR count). The quantitative estimate of drug-likeness (QED) is 0.873. The molecule has 1 N–H and O–H groups in total. The van der Waals surface area contributed by atoms with Gasteiger partial charge in [0.05, 0.1) is 11.2 Å². The van der Waals surface area contributed by atoms with E-state index >= 15 is 0 Å². The minimum absolute atomic E-state index is 0.0701. The Bertz CT molecular complexity index is 606. The van der Waals surface area contributed by atoms with Gasteiger partial charge in [-0.1, -0.05) is 31.2 Å². The molecule has 0 amide bonds. The highest BCUT2D eigenvalue weighted by Crippen LogP contribution is 2.42. The number of sulfone groups is 1. The Labute approximate surface area is 119 Å². The lowest BCUT2D eigenvalue weighted by Gasteiger charge is -2.25. The number of benzene rings is 1. The molecule has 0 fully saturated rings. The summed E-state index contributed by atoms with van der Waals surface area (Å²) in [5.74, 6) is -0.652. The Morgan fingerprint density at radius 2 is 2.05 bits per heavy atom. The van der Waals surface area contributed by atoms with E-state index in [9.17, 15) is 18.3 Å². The fourth-order valence-corrected chi connectivity index (χ4v) is 3.89. The Morgan fingerprint density at radius 1 is 1.35 bits per heavy atom. The van der Waals surface area contributed by atoms with Crippen molar-refractivity contribution in [1.82, 2.24) is 0 Å². The highest BCUT2D eigenvalue weighted by molar-refractivity contribution is 7.91. The summed E-state index contributed by atoms with van der Waals surface area (Å²) >= 11 is 0. The molecule has 0 spiro atoms. The van der Waals surface area contributed by atoms with Crippen molar-refractivity contribution in [3.8, 4) is 0 Å². The summed E-state index contributed by atoms with van der Waals surface area (Å²) in [6, 6.07) is 7.59. The molecule has 0 aliphatic heterocycles. The van der Waals surface area contributed by atoms with Gasteiger partial charge in [-0.05, 0) is 36.8 Å². The van der Waals surface area contributed by atoms with Crippen molar-refractivity contribution in [2.75, 3.05) is 11.5 Å². The molecular weight excluding hydrogens is 276 g/mol. The number of hydrogen-bond acceptors (Lipinski definition) is 3. The normalized spacial score (nSPS) is 21.6. The van der Waals surface area contributed by atoms with E-state index < -0.39 is 21.2 Å². The van der Waals surface area contributed by atoms with Gasteiger partial charge in [-0.25, -0.2) is 8.42 Å². The van der Waals surface area contributed by atoms with Crippen molar-refractivity contribution >= 4 is 15.8 Å². The van der Waals surface area contributed by atoms with E-state index in [-0.39, 0.29) is 11.5 Å². The van der Waals surface area contributed by atoms with Gasteiger partial charge in [0, 0.05) is 5.75 Å². The first-order valence-corrected chi connectivity index (χ1v) is 8.75. The predicted octanol–water partition coefficient (Wildman–Crippen LogP) is 2.17. The highest BCUT2D eigenvalue weighted by atomic mass is 32.2. The molecule has 0 saturated heterocycles. The number of carboxylic acids is 1. The number of aryl methyl sites for hydroxylation is 1. The van der Waals surface area contributed by atoms with Crippen molar-refractivity contribution < 1.29 is 18.3 Å². The number of carbonyl (C=O) groups is 1. The van der Waals surface area contributed by atoms with Crippen molar-refractivity contribution in [2.24, 2.45) is 0 Å². The number of hydrogen-bond donors (Lipinski definition) is 1. The molecule has 110 valence electrons. The van der Waals surface area contributed by atoms with E-state index in [1.807, 2.05) is 24.3 Å². The summed E-state index contributed by atoms with van der Waals surface area (Å²) < 4.78 is 23.1. The number of rotatable bonds is 6. The summed E-state index contributed by atoms with van der Waals surface area (Å²) in [4.78, 5) is 11.8. The van der Waals surface area contributed by atoms with Crippen molar-refractivity contribution in [2.45, 2.75) is 38.0 Å². The lowest BCUT2D eigenvalue weighted by Crippen LogP contribution is -2.34. The van der Waals surface area contributed by atoms with Gasteiger partial charge in [-0.3, -0.25) is 4.79 Å². The fraction of sp³-hybridized carbons (Fsp3) is 0.533. The Morgan fingerprint density at radius 3 is 2.70 bits per heavy atom. The van der Waals surface area contributed by atoms with Gasteiger partial charge < -0.3 is 5.11 Å². The van der Waals surface area contributed by atoms with E-state index in [1.54, 1.807) is 6.92 Å². The van der Waals surface area contributed by atoms with Crippen molar-refractivity contribution in [3.63, 3.8) is 0 Å². The van der Waals surface area contributed by atoms with Gasteiger partial charge in [-0.2, -0.15) is 0 Å². The third-order valence-corrected chi connectivity index (χ3v) is 6.05. The third kappa shape index (κ3) is 2.73. The van der Waals surface area contributed by atoms with Crippen LogP contribution in [0.25, 0.3) is 0 Å². The first kappa shape index (κ1) is 15.0. The minimum Gasteiger partial charge on any atom is -0.481 e. The highest BCUT2D eigenvalue weighted by Gasteiger charge is 2.44. The van der Waals surface area contributed by atoms with Crippen LogP contribution in [-0.2, 0) is 26.5 Å². The summed E-state index contributed by atoms with van der Waals surface area (Å²) in [5, 5.41) is 9.65. The molecule has 1 atom stereocenters. The van der Waals surface area contributed by atoms with Crippen LogP contribution in [0.2, 0.25) is 0 Å². The number of aliphatic carboxylic acids is 1. The van der Waals surface area contributed by atoms with E-state index in [0.717, 1.165) is 17.5 Å².